The minimum absolute atomic E-state index is 0.125. The van der Waals surface area contributed by atoms with Crippen molar-refractivity contribution in [2.24, 2.45) is 7.05 Å². The molecule has 0 saturated heterocycles. The van der Waals surface area contributed by atoms with Crippen LogP contribution in [0.15, 0.2) is 65.8 Å². The summed E-state index contributed by atoms with van der Waals surface area (Å²) in [5.41, 5.74) is 1.19. The van der Waals surface area contributed by atoms with Crippen LogP contribution in [0.3, 0.4) is 0 Å². The highest BCUT2D eigenvalue weighted by Crippen LogP contribution is 2.24. The van der Waals surface area contributed by atoms with Crippen molar-refractivity contribution in [3.8, 4) is 5.75 Å². The van der Waals surface area contributed by atoms with E-state index in [4.69, 9.17) is 4.74 Å². The number of sulfonamides is 1. The van der Waals surface area contributed by atoms with Gasteiger partial charge in [0.1, 0.15) is 17.6 Å². The number of methoxy groups -OCH3 is 1. The fraction of sp³-hybridized carbons (Fsp3) is 0.238. The lowest BCUT2D eigenvalue weighted by Crippen LogP contribution is -2.31. The summed E-state index contributed by atoms with van der Waals surface area (Å²) in [7, 11) is 2.81. The number of carbonyl (C=O) groups is 1. The Morgan fingerprint density at radius 1 is 1.10 bits per heavy atom. The third-order valence-electron chi connectivity index (χ3n) is 4.74. The smallest absolute Gasteiger partial charge is 0.252 e. The van der Waals surface area contributed by atoms with Gasteiger partial charge in [0.25, 0.3) is 5.91 Å². The van der Waals surface area contributed by atoms with Crippen LogP contribution in [0.4, 0.5) is 0 Å². The highest BCUT2D eigenvalue weighted by molar-refractivity contribution is 7.89. The van der Waals surface area contributed by atoms with Crippen molar-refractivity contribution in [2.75, 3.05) is 21.2 Å². The Balaban J connectivity index is 1.89. The molecule has 1 atom stereocenters. The van der Waals surface area contributed by atoms with Gasteiger partial charge in [0.15, 0.2) is 0 Å². The first kappa shape index (κ1) is 21.5. The van der Waals surface area contributed by atoms with Gasteiger partial charge in [-0.3, -0.25) is 4.79 Å². The zero-order valence-corrected chi connectivity index (χ0v) is 18.1. The van der Waals surface area contributed by atoms with E-state index in [0.29, 0.717) is 17.1 Å². The molecule has 0 saturated carbocycles. The molecule has 0 fully saturated rings. The number of aryl methyl sites for hydroxylation is 1. The molecule has 0 aliphatic heterocycles. The zero-order valence-electron chi connectivity index (χ0n) is 17.2. The van der Waals surface area contributed by atoms with E-state index in [9.17, 15) is 13.2 Å². The molecule has 3 rings (SSSR count). The van der Waals surface area contributed by atoms with Gasteiger partial charge in [0.05, 0.1) is 12.0 Å². The fourth-order valence-corrected chi connectivity index (χ4v) is 3.85. The summed E-state index contributed by atoms with van der Waals surface area (Å²) in [6.07, 6.45) is 3.47. The minimum atomic E-state index is -3.56. The number of amides is 1. The molecule has 0 radical (unpaired) electrons. The number of hydrogen-bond acceptors (Lipinski definition) is 5. The first-order valence-electron chi connectivity index (χ1n) is 9.18. The molecular formula is C21H24N4O4S. The number of rotatable bonds is 7. The summed E-state index contributed by atoms with van der Waals surface area (Å²) in [6, 6.07) is 12.7. The maximum atomic E-state index is 12.9. The normalized spacial score (nSPS) is 12.6. The number of ether oxygens (including phenoxy) is 1. The molecule has 1 heterocycles. The Hall–Kier alpha value is -3.17. The number of carbonyl (C=O) groups excluding carboxylic acids is 1. The number of hydrogen-bond donors (Lipinski definition) is 1. The van der Waals surface area contributed by atoms with Gasteiger partial charge in [-0.25, -0.2) is 17.7 Å². The molecule has 1 unspecified atom stereocenters. The van der Waals surface area contributed by atoms with Crippen molar-refractivity contribution in [3.63, 3.8) is 0 Å². The van der Waals surface area contributed by atoms with E-state index in [1.807, 2.05) is 35.9 Å². The summed E-state index contributed by atoms with van der Waals surface area (Å²) in [5.74, 6) is 1.04. The maximum Gasteiger partial charge on any atom is 0.252 e. The molecule has 0 spiro atoms. The van der Waals surface area contributed by atoms with Gasteiger partial charge in [-0.15, -0.1) is 0 Å². The van der Waals surface area contributed by atoms with Crippen LogP contribution in [0.5, 0.6) is 5.75 Å². The summed E-state index contributed by atoms with van der Waals surface area (Å²) >= 11 is 0. The minimum Gasteiger partial charge on any atom is -0.497 e. The molecule has 9 heteroatoms. The van der Waals surface area contributed by atoms with E-state index < -0.39 is 16.1 Å². The number of imidazole rings is 1. The molecule has 1 amide bonds. The number of benzene rings is 2. The van der Waals surface area contributed by atoms with Crippen molar-refractivity contribution in [3.05, 3.63) is 77.9 Å². The van der Waals surface area contributed by atoms with Crippen LogP contribution >= 0.6 is 0 Å². The Morgan fingerprint density at radius 3 is 2.23 bits per heavy atom. The van der Waals surface area contributed by atoms with E-state index in [0.717, 1.165) is 9.87 Å². The standard InChI is InChI=1S/C21H24N4O4S/c1-24(2)30(27,28)18-11-7-16(8-12-18)21(26)23-19(20-22-13-14-25(20)3)15-5-9-17(29-4)10-6-15/h5-14,19H,1-4H3,(H,23,26). The zero-order chi connectivity index (χ0) is 21.9. The number of nitrogens with one attached hydrogen (secondary N) is 1. The van der Waals surface area contributed by atoms with E-state index in [-0.39, 0.29) is 10.8 Å². The second-order valence-corrected chi connectivity index (χ2v) is 9.04. The Labute approximate surface area is 176 Å². The topological polar surface area (TPSA) is 93.5 Å². The van der Waals surface area contributed by atoms with Crippen LogP contribution in [-0.4, -0.2) is 49.4 Å². The van der Waals surface area contributed by atoms with Crippen LogP contribution in [0.25, 0.3) is 0 Å². The van der Waals surface area contributed by atoms with Gasteiger partial charge in [-0.1, -0.05) is 12.1 Å². The first-order chi connectivity index (χ1) is 14.2. The quantitative estimate of drug-likeness (QED) is 0.623. The second kappa shape index (κ2) is 8.68. The SMILES string of the molecule is COc1ccc(C(NC(=O)c2ccc(S(=O)(=O)N(C)C)cc2)c2nccn2C)cc1. The molecule has 30 heavy (non-hydrogen) atoms. The van der Waals surface area contributed by atoms with Gasteiger partial charge in [-0.2, -0.15) is 0 Å². The molecular weight excluding hydrogens is 404 g/mol. The van der Waals surface area contributed by atoms with Crippen LogP contribution in [0.2, 0.25) is 0 Å². The summed E-state index contributed by atoms with van der Waals surface area (Å²) < 4.78 is 32.6. The summed E-state index contributed by atoms with van der Waals surface area (Å²) in [5, 5.41) is 2.99. The largest absolute Gasteiger partial charge is 0.497 e. The lowest BCUT2D eigenvalue weighted by atomic mass is 10.0. The lowest BCUT2D eigenvalue weighted by molar-refractivity contribution is 0.0941. The van der Waals surface area contributed by atoms with Crippen LogP contribution in [-0.2, 0) is 17.1 Å². The Bertz CT molecular complexity index is 1120. The van der Waals surface area contributed by atoms with E-state index >= 15 is 0 Å². The molecule has 158 valence electrons. The van der Waals surface area contributed by atoms with Crippen molar-refractivity contribution in [2.45, 2.75) is 10.9 Å². The van der Waals surface area contributed by atoms with Crippen molar-refractivity contribution in [1.29, 1.82) is 0 Å². The van der Waals surface area contributed by atoms with Gasteiger partial charge in [-0.05, 0) is 42.0 Å². The second-order valence-electron chi connectivity index (χ2n) is 6.89. The predicted molar refractivity (Wildman–Crippen MR) is 113 cm³/mol. The monoisotopic (exact) mass is 428 g/mol. The summed E-state index contributed by atoms with van der Waals surface area (Å²) in [4.78, 5) is 17.4. The highest BCUT2D eigenvalue weighted by Gasteiger charge is 2.22. The van der Waals surface area contributed by atoms with Crippen LogP contribution < -0.4 is 10.1 Å². The molecule has 3 aromatic rings. The van der Waals surface area contributed by atoms with Gasteiger partial charge in [0.2, 0.25) is 10.0 Å². The molecule has 8 nitrogen and oxygen atoms in total. The molecule has 0 bridgehead atoms. The van der Waals surface area contributed by atoms with Crippen molar-refractivity contribution in [1.82, 2.24) is 19.2 Å². The van der Waals surface area contributed by atoms with Gasteiger partial charge < -0.3 is 14.6 Å². The molecule has 2 aromatic carbocycles. The van der Waals surface area contributed by atoms with Crippen LogP contribution in [0, 0.1) is 0 Å². The van der Waals surface area contributed by atoms with Gasteiger partial charge >= 0.3 is 0 Å². The molecule has 0 aliphatic carbocycles. The first-order valence-corrected chi connectivity index (χ1v) is 10.6. The molecule has 0 aliphatic rings. The number of nitrogens with zero attached hydrogens (tertiary/aromatic N) is 3. The van der Waals surface area contributed by atoms with Crippen molar-refractivity contribution >= 4 is 15.9 Å². The van der Waals surface area contributed by atoms with Crippen LogP contribution in [0.1, 0.15) is 27.8 Å². The Kier molecular flexibility index (Phi) is 6.23. The van der Waals surface area contributed by atoms with E-state index in [1.54, 1.807) is 19.5 Å². The third kappa shape index (κ3) is 4.37. The average molecular weight is 429 g/mol. The maximum absolute atomic E-state index is 12.9. The predicted octanol–water partition coefficient (Wildman–Crippen LogP) is 2.20. The molecule has 1 N–H and O–H groups in total. The van der Waals surface area contributed by atoms with E-state index in [2.05, 4.69) is 10.3 Å². The third-order valence-corrected chi connectivity index (χ3v) is 6.57. The van der Waals surface area contributed by atoms with Gasteiger partial charge in [0, 0.05) is 39.1 Å². The lowest BCUT2D eigenvalue weighted by Gasteiger charge is -2.20. The average Bonchev–Trinajstić information content (AvgIpc) is 3.17. The van der Waals surface area contributed by atoms with Crippen molar-refractivity contribution < 1.29 is 17.9 Å². The molecule has 1 aromatic heterocycles. The highest BCUT2D eigenvalue weighted by atomic mass is 32.2. The number of aromatic nitrogens is 2. The Morgan fingerprint density at radius 2 is 1.73 bits per heavy atom. The summed E-state index contributed by atoms with van der Waals surface area (Å²) in [6.45, 7) is 0. The van der Waals surface area contributed by atoms with E-state index in [1.165, 1.54) is 38.4 Å². The fourth-order valence-electron chi connectivity index (χ4n) is 2.95.